The number of nitrogens with zero attached hydrogens (tertiary/aromatic N) is 2. The van der Waals surface area contributed by atoms with Crippen LogP contribution in [0, 0.1) is 22.7 Å². The third-order valence-corrected chi connectivity index (χ3v) is 4.82. The molecule has 6 heteroatoms. The summed E-state index contributed by atoms with van der Waals surface area (Å²) >= 11 is 0. The van der Waals surface area contributed by atoms with Crippen LogP contribution >= 0.6 is 0 Å². The molecule has 2 aromatic carbocycles. The lowest BCUT2D eigenvalue weighted by Gasteiger charge is -2.26. The number of nitrogens with one attached hydrogen (secondary N) is 1. The number of methoxy groups -OCH3 is 1. The fourth-order valence-electron chi connectivity index (χ4n) is 3.46. The molecule has 2 heterocycles. The summed E-state index contributed by atoms with van der Waals surface area (Å²) in [5, 5.41) is 20.5. The molecule has 0 saturated heterocycles. The van der Waals surface area contributed by atoms with E-state index in [2.05, 4.69) is 17.1 Å². The third-order valence-electron chi connectivity index (χ3n) is 4.82. The highest BCUT2D eigenvalue weighted by molar-refractivity contribution is 5.93. The van der Waals surface area contributed by atoms with Crippen molar-refractivity contribution in [3.05, 3.63) is 82.9 Å². The van der Waals surface area contributed by atoms with Crippen LogP contribution in [-0.4, -0.2) is 12.1 Å². The number of H-pyrrole nitrogens is 1. The number of nitriles is 2. The molecule has 3 aromatic rings. The molecular weight excluding hydrogens is 352 g/mol. The number of aromatic amines is 1. The Balaban J connectivity index is 1.94. The highest BCUT2D eigenvalue weighted by Crippen LogP contribution is 2.43. The molecule has 0 amide bonds. The molecule has 0 radical (unpaired) electrons. The van der Waals surface area contributed by atoms with Crippen molar-refractivity contribution in [3.63, 3.8) is 0 Å². The average Bonchev–Trinajstić information content (AvgIpc) is 3.17. The molecular formula is C22H16N4O2. The topological polar surface area (TPSA) is 108 Å². The summed E-state index contributed by atoms with van der Waals surface area (Å²) in [6.07, 6.45) is 1.78. The molecule has 0 fully saturated rings. The smallest absolute Gasteiger partial charge is 0.205 e. The molecule has 3 N–H and O–H groups in total. The van der Waals surface area contributed by atoms with Crippen molar-refractivity contribution in [3.8, 4) is 17.9 Å². The summed E-state index contributed by atoms with van der Waals surface area (Å²) in [6, 6.07) is 19.3. The van der Waals surface area contributed by atoms with E-state index in [0.717, 1.165) is 22.0 Å². The van der Waals surface area contributed by atoms with Crippen molar-refractivity contribution in [2.75, 3.05) is 7.11 Å². The Morgan fingerprint density at radius 2 is 1.75 bits per heavy atom. The lowest BCUT2D eigenvalue weighted by atomic mass is 9.82. The fraction of sp³-hybridized carbons (Fsp3) is 0.0909. The van der Waals surface area contributed by atoms with Crippen LogP contribution < -0.4 is 10.5 Å². The number of allylic oxidation sites excluding steroid dienone is 2. The van der Waals surface area contributed by atoms with Gasteiger partial charge in [0.2, 0.25) is 5.88 Å². The van der Waals surface area contributed by atoms with Crippen molar-refractivity contribution in [2.24, 2.45) is 5.73 Å². The van der Waals surface area contributed by atoms with Crippen LogP contribution in [0.25, 0.3) is 16.7 Å². The van der Waals surface area contributed by atoms with Crippen LogP contribution in [0.5, 0.6) is 5.75 Å². The maximum atomic E-state index is 9.97. The van der Waals surface area contributed by atoms with Gasteiger partial charge in [0, 0.05) is 22.7 Å². The quantitative estimate of drug-likeness (QED) is 0.728. The second-order valence-corrected chi connectivity index (χ2v) is 6.30. The first-order valence-electron chi connectivity index (χ1n) is 8.60. The summed E-state index contributed by atoms with van der Waals surface area (Å²) in [5.41, 5.74) is 9.04. The minimum absolute atomic E-state index is 0.00241. The SMILES string of the molecule is COc1ccc(C2C(C#N)=C(N)OC(c3c[nH]c4ccccc34)=C2C#N)cc1. The summed E-state index contributed by atoms with van der Waals surface area (Å²) < 4.78 is 11.0. The molecule has 4 rings (SSSR count). The van der Waals surface area contributed by atoms with Gasteiger partial charge in [0.05, 0.1) is 24.7 Å². The van der Waals surface area contributed by atoms with Gasteiger partial charge in [-0.1, -0.05) is 30.3 Å². The number of para-hydroxylation sites is 1. The minimum Gasteiger partial charge on any atom is -0.497 e. The van der Waals surface area contributed by atoms with Crippen molar-refractivity contribution in [1.82, 2.24) is 4.98 Å². The summed E-state index contributed by atoms with van der Waals surface area (Å²) in [7, 11) is 1.58. The lowest BCUT2D eigenvalue weighted by molar-refractivity contribution is 0.358. The molecule has 1 aliphatic rings. The predicted octanol–water partition coefficient (Wildman–Crippen LogP) is 3.92. The first-order valence-corrected chi connectivity index (χ1v) is 8.60. The average molecular weight is 368 g/mol. The Morgan fingerprint density at radius 1 is 1.04 bits per heavy atom. The van der Waals surface area contributed by atoms with E-state index in [1.807, 2.05) is 36.4 Å². The zero-order valence-corrected chi connectivity index (χ0v) is 15.1. The molecule has 28 heavy (non-hydrogen) atoms. The van der Waals surface area contributed by atoms with Gasteiger partial charge < -0.3 is 20.2 Å². The summed E-state index contributed by atoms with van der Waals surface area (Å²) in [6.45, 7) is 0. The minimum atomic E-state index is -0.613. The van der Waals surface area contributed by atoms with Gasteiger partial charge in [0.25, 0.3) is 0 Å². The molecule has 0 saturated carbocycles. The number of rotatable bonds is 3. The first-order chi connectivity index (χ1) is 13.7. The Hall–Kier alpha value is -4.16. The Kier molecular flexibility index (Phi) is 4.23. The van der Waals surface area contributed by atoms with Gasteiger partial charge in [-0.15, -0.1) is 0 Å². The van der Waals surface area contributed by atoms with Gasteiger partial charge in [0.15, 0.2) is 5.76 Å². The molecule has 0 spiro atoms. The highest BCUT2D eigenvalue weighted by Gasteiger charge is 2.34. The van der Waals surface area contributed by atoms with E-state index in [9.17, 15) is 10.5 Å². The van der Waals surface area contributed by atoms with Gasteiger partial charge in [-0.2, -0.15) is 10.5 Å². The Bertz CT molecular complexity index is 1200. The van der Waals surface area contributed by atoms with Crippen LogP contribution in [0.4, 0.5) is 0 Å². The van der Waals surface area contributed by atoms with E-state index in [1.54, 1.807) is 25.4 Å². The fourth-order valence-corrected chi connectivity index (χ4v) is 3.46. The van der Waals surface area contributed by atoms with E-state index in [-0.39, 0.29) is 11.5 Å². The summed E-state index contributed by atoms with van der Waals surface area (Å²) in [5.74, 6) is 0.434. The molecule has 6 nitrogen and oxygen atoms in total. The normalized spacial score (nSPS) is 16.5. The number of fused-ring (bicyclic) bond motifs is 1. The van der Waals surface area contributed by atoms with E-state index in [4.69, 9.17) is 15.2 Å². The number of nitrogens with two attached hydrogens (primary N) is 1. The predicted molar refractivity (Wildman–Crippen MR) is 104 cm³/mol. The molecule has 1 unspecified atom stereocenters. The van der Waals surface area contributed by atoms with Crippen LogP contribution in [0.15, 0.2) is 71.8 Å². The van der Waals surface area contributed by atoms with Gasteiger partial charge in [-0.3, -0.25) is 0 Å². The molecule has 0 bridgehead atoms. The highest BCUT2D eigenvalue weighted by atomic mass is 16.5. The molecule has 1 aliphatic heterocycles. The van der Waals surface area contributed by atoms with E-state index >= 15 is 0 Å². The zero-order valence-electron chi connectivity index (χ0n) is 15.1. The van der Waals surface area contributed by atoms with Crippen molar-refractivity contribution < 1.29 is 9.47 Å². The van der Waals surface area contributed by atoms with Crippen molar-refractivity contribution in [2.45, 2.75) is 5.92 Å². The van der Waals surface area contributed by atoms with E-state index < -0.39 is 5.92 Å². The second kappa shape index (κ2) is 6.86. The van der Waals surface area contributed by atoms with Crippen LogP contribution in [0.3, 0.4) is 0 Å². The number of benzene rings is 2. The number of hydrogen-bond donors (Lipinski definition) is 2. The van der Waals surface area contributed by atoms with Gasteiger partial charge in [0.1, 0.15) is 17.4 Å². The Labute approximate surface area is 161 Å². The molecule has 1 aromatic heterocycles. The van der Waals surface area contributed by atoms with Gasteiger partial charge in [-0.05, 0) is 23.8 Å². The Morgan fingerprint density at radius 3 is 2.43 bits per heavy atom. The zero-order chi connectivity index (χ0) is 19.7. The maximum Gasteiger partial charge on any atom is 0.205 e. The van der Waals surface area contributed by atoms with Crippen LogP contribution in [0.2, 0.25) is 0 Å². The van der Waals surface area contributed by atoms with Gasteiger partial charge in [-0.25, -0.2) is 0 Å². The number of ether oxygens (including phenoxy) is 2. The number of hydrogen-bond acceptors (Lipinski definition) is 5. The largest absolute Gasteiger partial charge is 0.497 e. The standard InChI is InChI=1S/C22H16N4O2/c1-27-14-8-6-13(7-9-14)20-16(10-23)21(28-22(25)17(20)11-24)18-12-26-19-5-3-2-4-15(18)19/h2-9,12,20,26H,25H2,1H3. The monoisotopic (exact) mass is 368 g/mol. The third kappa shape index (κ3) is 2.65. The van der Waals surface area contributed by atoms with Crippen molar-refractivity contribution in [1.29, 1.82) is 10.5 Å². The lowest BCUT2D eigenvalue weighted by Crippen LogP contribution is -2.20. The van der Waals surface area contributed by atoms with E-state index in [0.29, 0.717) is 17.1 Å². The number of aromatic nitrogens is 1. The molecule has 1 atom stereocenters. The summed E-state index contributed by atoms with van der Waals surface area (Å²) in [4.78, 5) is 3.18. The van der Waals surface area contributed by atoms with E-state index in [1.165, 1.54) is 0 Å². The van der Waals surface area contributed by atoms with Crippen molar-refractivity contribution >= 4 is 16.7 Å². The second-order valence-electron chi connectivity index (χ2n) is 6.30. The molecule has 136 valence electrons. The van der Waals surface area contributed by atoms with Gasteiger partial charge >= 0.3 is 0 Å². The molecule has 0 aliphatic carbocycles. The van der Waals surface area contributed by atoms with Crippen LogP contribution in [0.1, 0.15) is 17.0 Å². The first kappa shape index (κ1) is 17.3. The maximum absolute atomic E-state index is 9.97. The van der Waals surface area contributed by atoms with Crippen LogP contribution in [-0.2, 0) is 4.74 Å².